The zero-order valence-corrected chi connectivity index (χ0v) is 4.14. The molecule has 0 spiro atoms. The Hall–Kier alpha value is -0.920. The van der Waals surface area contributed by atoms with Crippen molar-refractivity contribution in [1.29, 1.82) is 5.41 Å². The van der Waals surface area contributed by atoms with Gasteiger partial charge >= 0.3 is 0 Å². The molecule has 2 nitrogen and oxygen atoms in total. The molecule has 2 heteroatoms. The summed E-state index contributed by atoms with van der Waals surface area (Å²) in [5, 5.41) is 6.39. The molecule has 38 valence electrons. The normalized spacial score (nSPS) is 9.29. The Balaban J connectivity index is 3.58. The molecule has 0 saturated heterocycles. The maximum absolute atomic E-state index is 10.1. The summed E-state index contributed by atoms with van der Waals surface area (Å²) in [6.07, 6.45) is 3.72. The van der Waals surface area contributed by atoms with Gasteiger partial charge in [-0.25, -0.2) is 0 Å². The van der Waals surface area contributed by atoms with Crippen LogP contribution in [0.2, 0.25) is 0 Å². The fourth-order valence-corrected chi connectivity index (χ4v) is 0.212. The van der Waals surface area contributed by atoms with Crippen molar-refractivity contribution in [3.05, 3.63) is 12.2 Å². The molecule has 0 aromatic rings. The summed E-state index contributed by atoms with van der Waals surface area (Å²) in [7, 11) is 0. The van der Waals surface area contributed by atoms with Crippen LogP contribution in [-0.2, 0) is 4.79 Å². The number of rotatable bonds is 2. The van der Waals surface area contributed by atoms with E-state index >= 15 is 0 Å². The van der Waals surface area contributed by atoms with Crippen molar-refractivity contribution in [2.75, 3.05) is 0 Å². The van der Waals surface area contributed by atoms with E-state index in [0.29, 0.717) is 0 Å². The fourth-order valence-electron chi connectivity index (χ4n) is 0.212. The molecule has 1 N–H and O–H groups in total. The van der Waals surface area contributed by atoms with Crippen molar-refractivity contribution in [3.8, 4) is 0 Å². The summed E-state index contributed by atoms with van der Waals surface area (Å²) in [5.74, 6) is -0.262. The average molecular weight is 97.1 g/mol. The Kier molecular flexibility index (Phi) is 2.85. The van der Waals surface area contributed by atoms with Gasteiger partial charge in [0.2, 0.25) is 0 Å². The summed E-state index contributed by atoms with van der Waals surface area (Å²) < 4.78 is 0. The zero-order valence-electron chi connectivity index (χ0n) is 4.14. The molecule has 0 aliphatic heterocycles. The highest BCUT2D eigenvalue weighted by molar-refractivity contribution is 6.31. The Morgan fingerprint density at radius 3 is 2.43 bits per heavy atom. The van der Waals surface area contributed by atoms with Gasteiger partial charge < -0.3 is 5.41 Å². The molecule has 0 aromatic carbocycles. The third-order valence-corrected chi connectivity index (χ3v) is 0.473. The van der Waals surface area contributed by atoms with E-state index < -0.39 is 0 Å². The van der Waals surface area contributed by atoms with Gasteiger partial charge in [0.25, 0.3) is 0 Å². The van der Waals surface area contributed by atoms with Crippen LogP contribution in [0.3, 0.4) is 0 Å². The van der Waals surface area contributed by atoms with Crippen molar-refractivity contribution in [3.63, 3.8) is 0 Å². The van der Waals surface area contributed by atoms with Crippen LogP contribution in [0, 0.1) is 5.41 Å². The molecule has 0 unspecified atom stereocenters. The van der Waals surface area contributed by atoms with Crippen LogP contribution in [0.25, 0.3) is 0 Å². The van der Waals surface area contributed by atoms with E-state index in [0.717, 1.165) is 6.21 Å². The number of ketones is 1. The summed E-state index contributed by atoms with van der Waals surface area (Å²) in [6, 6.07) is 0. The van der Waals surface area contributed by atoms with Crippen LogP contribution in [0.5, 0.6) is 0 Å². The van der Waals surface area contributed by atoms with Crippen LogP contribution in [0.1, 0.15) is 6.92 Å². The minimum absolute atomic E-state index is 0.262. The lowest BCUT2D eigenvalue weighted by Gasteiger charge is -1.70. The first-order valence-corrected chi connectivity index (χ1v) is 1.98. The quantitative estimate of drug-likeness (QED) is 0.401. The molecule has 0 rings (SSSR count). The Bertz CT molecular complexity index is 105. The third kappa shape index (κ3) is 2.89. The number of carbonyl (C=O) groups is 1. The average Bonchev–Trinajstić information content (AvgIpc) is 1.68. The van der Waals surface area contributed by atoms with Gasteiger partial charge in [-0.15, -0.1) is 0 Å². The van der Waals surface area contributed by atoms with Crippen LogP contribution < -0.4 is 0 Å². The van der Waals surface area contributed by atoms with Gasteiger partial charge in [-0.05, 0) is 13.0 Å². The number of hydrogen-bond donors (Lipinski definition) is 1. The van der Waals surface area contributed by atoms with Gasteiger partial charge in [0.05, 0.1) is 6.21 Å². The van der Waals surface area contributed by atoms with Crippen molar-refractivity contribution in [2.24, 2.45) is 0 Å². The second kappa shape index (κ2) is 3.28. The molecule has 0 radical (unpaired) electrons. The summed E-state index contributed by atoms with van der Waals surface area (Å²) in [6.45, 7) is 1.74. The van der Waals surface area contributed by atoms with E-state index in [1.54, 1.807) is 13.0 Å². The lowest BCUT2D eigenvalue weighted by atomic mass is 10.4. The molecule has 0 aromatic heterocycles. The number of nitrogens with one attached hydrogen (secondary N) is 1. The minimum atomic E-state index is -0.262. The number of hydrogen-bond acceptors (Lipinski definition) is 2. The van der Waals surface area contributed by atoms with Gasteiger partial charge in [-0.1, -0.05) is 6.08 Å². The van der Waals surface area contributed by atoms with Crippen molar-refractivity contribution < 1.29 is 4.79 Å². The lowest BCUT2D eigenvalue weighted by Crippen LogP contribution is -1.89. The molecule has 0 saturated carbocycles. The summed E-state index contributed by atoms with van der Waals surface area (Å²) >= 11 is 0. The predicted molar refractivity (Wildman–Crippen MR) is 28.6 cm³/mol. The highest BCUT2D eigenvalue weighted by Crippen LogP contribution is 1.68. The second-order valence-corrected chi connectivity index (χ2v) is 1.05. The van der Waals surface area contributed by atoms with Crippen LogP contribution >= 0.6 is 0 Å². The van der Waals surface area contributed by atoms with Gasteiger partial charge in [-0.3, -0.25) is 4.79 Å². The van der Waals surface area contributed by atoms with Gasteiger partial charge in [-0.2, -0.15) is 0 Å². The van der Waals surface area contributed by atoms with E-state index in [-0.39, 0.29) is 5.78 Å². The SMILES string of the molecule is CC=CC(=O)C=N. The number of allylic oxidation sites excluding steroid dienone is 2. The van der Waals surface area contributed by atoms with Crippen molar-refractivity contribution in [2.45, 2.75) is 6.92 Å². The van der Waals surface area contributed by atoms with Crippen LogP contribution in [0.15, 0.2) is 12.2 Å². The smallest absolute Gasteiger partial charge is 0.195 e. The maximum Gasteiger partial charge on any atom is 0.195 e. The molecule has 7 heavy (non-hydrogen) atoms. The molecular formula is C5H7NO. The number of carbonyl (C=O) groups excluding carboxylic acids is 1. The van der Waals surface area contributed by atoms with Crippen LogP contribution in [-0.4, -0.2) is 12.0 Å². The van der Waals surface area contributed by atoms with E-state index in [4.69, 9.17) is 5.41 Å². The first-order chi connectivity index (χ1) is 3.31. The fraction of sp³-hybridized carbons (Fsp3) is 0.200. The monoisotopic (exact) mass is 97.1 g/mol. The highest BCUT2D eigenvalue weighted by Gasteiger charge is 1.80. The minimum Gasteiger partial charge on any atom is -0.305 e. The van der Waals surface area contributed by atoms with E-state index in [1.165, 1.54) is 6.08 Å². The first-order valence-electron chi connectivity index (χ1n) is 1.98. The molecule has 0 aliphatic rings. The van der Waals surface area contributed by atoms with Gasteiger partial charge in [0, 0.05) is 0 Å². The van der Waals surface area contributed by atoms with Crippen LogP contribution in [0.4, 0.5) is 0 Å². The molecule has 0 bridgehead atoms. The van der Waals surface area contributed by atoms with E-state index in [1.807, 2.05) is 0 Å². The van der Waals surface area contributed by atoms with E-state index in [2.05, 4.69) is 0 Å². The molecule has 0 heterocycles. The maximum atomic E-state index is 10.1. The molecule has 0 fully saturated rings. The van der Waals surface area contributed by atoms with Crippen molar-refractivity contribution in [1.82, 2.24) is 0 Å². The van der Waals surface area contributed by atoms with Gasteiger partial charge in [0.1, 0.15) is 0 Å². The molecular weight excluding hydrogens is 90.1 g/mol. The first kappa shape index (κ1) is 6.08. The topological polar surface area (TPSA) is 40.9 Å². The largest absolute Gasteiger partial charge is 0.305 e. The summed E-state index contributed by atoms with van der Waals surface area (Å²) in [5.41, 5.74) is 0. The van der Waals surface area contributed by atoms with E-state index in [9.17, 15) is 4.79 Å². The predicted octanol–water partition coefficient (Wildman–Crippen LogP) is 0.781. The van der Waals surface area contributed by atoms with Gasteiger partial charge in [0.15, 0.2) is 5.78 Å². The second-order valence-electron chi connectivity index (χ2n) is 1.05. The molecule has 0 amide bonds. The Labute approximate surface area is 42.4 Å². The lowest BCUT2D eigenvalue weighted by molar-refractivity contribution is -0.108. The molecule has 0 aliphatic carbocycles. The Morgan fingerprint density at radius 1 is 1.71 bits per heavy atom. The standard InChI is InChI=1S/C5H7NO/c1-2-3-5(7)4-6/h2-4,6H,1H3. The Morgan fingerprint density at radius 2 is 2.29 bits per heavy atom. The zero-order chi connectivity index (χ0) is 5.70. The summed E-state index contributed by atoms with van der Waals surface area (Å²) in [4.78, 5) is 10.1. The molecule has 0 atom stereocenters. The van der Waals surface area contributed by atoms with Crippen molar-refractivity contribution >= 4 is 12.0 Å². The third-order valence-electron chi connectivity index (χ3n) is 0.473. The highest BCUT2D eigenvalue weighted by atomic mass is 16.1.